The van der Waals surface area contributed by atoms with Gasteiger partial charge in [0, 0.05) is 57.9 Å². The highest BCUT2D eigenvalue weighted by molar-refractivity contribution is 14.0. The first kappa shape index (κ1) is 24.6. The van der Waals surface area contributed by atoms with Crippen molar-refractivity contribution in [1.82, 2.24) is 15.5 Å². The molecule has 168 valence electrons. The van der Waals surface area contributed by atoms with Crippen molar-refractivity contribution in [3.63, 3.8) is 0 Å². The minimum absolute atomic E-state index is 0. The molecule has 3 rings (SSSR count). The molecule has 0 spiro atoms. The first-order chi connectivity index (χ1) is 13.9. The first-order valence-electron chi connectivity index (χ1n) is 9.82. The highest BCUT2D eigenvalue weighted by atomic mass is 127. The van der Waals surface area contributed by atoms with Crippen LogP contribution in [-0.4, -0.2) is 82.5 Å². The maximum Gasteiger partial charge on any atom is 0.222 e. The zero-order chi connectivity index (χ0) is 20.9. The summed E-state index contributed by atoms with van der Waals surface area (Å²) in [6, 6.07) is 6.23. The molecule has 11 heteroatoms. The molecule has 0 bridgehead atoms. The average Bonchev–Trinajstić information content (AvgIpc) is 3.04. The van der Waals surface area contributed by atoms with Crippen molar-refractivity contribution in [3.05, 3.63) is 30.1 Å². The lowest BCUT2D eigenvalue weighted by Crippen LogP contribution is -2.53. The van der Waals surface area contributed by atoms with Crippen LogP contribution < -0.4 is 15.5 Å². The Morgan fingerprint density at radius 2 is 1.87 bits per heavy atom. The van der Waals surface area contributed by atoms with E-state index in [0.29, 0.717) is 13.0 Å². The Morgan fingerprint density at radius 1 is 1.20 bits per heavy atom. The number of rotatable bonds is 5. The molecule has 1 unspecified atom stereocenters. The van der Waals surface area contributed by atoms with Gasteiger partial charge in [-0.05, 0) is 30.7 Å². The number of piperazine rings is 1. The van der Waals surface area contributed by atoms with Crippen LogP contribution >= 0.6 is 24.0 Å². The Morgan fingerprint density at radius 3 is 2.43 bits per heavy atom. The van der Waals surface area contributed by atoms with E-state index in [1.807, 2.05) is 0 Å². The number of guanidine groups is 1. The van der Waals surface area contributed by atoms with Crippen LogP contribution in [0.3, 0.4) is 0 Å². The highest BCUT2D eigenvalue weighted by Gasteiger charge is 2.28. The number of benzene rings is 1. The van der Waals surface area contributed by atoms with Gasteiger partial charge < -0.3 is 20.4 Å². The fourth-order valence-corrected chi connectivity index (χ4v) is 5.33. The lowest BCUT2D eigenvalue weighted by molar-refractivity contribution is -0.121. The zero-order valence-electron chi connectivity index (χ0n) is 17.0. The largest absolute Gasteiger partial charge is 0.368 e. The summed E-state index contributed by atoms with van der Waals surface area (Å²) in [4.78, 5) is 20.7. The van der Waals surface area contributed by atoms with Crippen LogP contribution in [0.5, 0.6) is 0 Å². The molecule has 2 fully saturated rings. The number of hydrogen-bond donors (Lipinski definition) is 2. The second-order valence-corrected chi connectivity index (χ2v) is 9.57. The fourth-order valence-electron chi connectivity index (χ4n) is 3.66. The summed E-state index contributed by atoms with van der Waals surface area (Å²) in [7, 11) is -1.29. The van der Waals surface area contributed by atoms with Gasteiger partial charge in [-0.3, -0.25) is 9.79 Å². The second kappa shape index (κ2) is 11.1. The van der Waals surface area contributed by atoms with Crippen molar-refractivity contribution in [2.45, 2.75) is 18.9 Å². The molecule has 0 saturated carbocycles. The zero-order valence-corrected chi connectivity index (χ0v) is 20.2. The van der Waals surface area contributed by atoms with Crippen molar-refractivity contribution < 1.29 is 17.6 Å². The topological polar surface area (TPSA) is 94.1 Å². The Bertz CT molecular complexity index is 842. The van der Waals surface area contributed by atoms with Crippen molar-refractivity contribution in [2.24, 2.45) is 4.99 Å². The van der Waals surface area contributed by atoms with Crippen LogP contribution in [0.1, 0.15) is 12.8 Å². The van der Waals surface area contributed by atoms with Gasteiger partial charge in [0.2, 0.25) is 5.91 Å². The summed E-state index contributed by atoms with van der Waals surface area (Å²) in [6.07, 6.45) is 0.743. The third-order valence-electron chi connectivity index (χ3n) is 5.22. The number of anilines is 1. The second-order valence-electron chi connectivity index (χ2n) is 7.34. The van der Waals surface area contributed by atoms with E-state index < -0.39 is 9.84 Å². The summed E-state index contributed by atoms with van der Waals surface area (Å²) in [5, 5.41) is 5.99. The molecule has 1 atom stereocenters. The van der Waals surface area contributed by atoms with Gasteiger partial charge in [0.15, 0.2) is 15.8 Å². The predicted molar refractivity (Wildman–Crippen MR) is 127 cm³/mol. The van der Waals surface area contributed by atoms with Gasteiger partial charge in [-0.2, -0.15) is 0 Å². The smallest absolute Gasteiger partial charge is 0.222 e. The first-order valence-corrected chi connectivity index (χ1v) is 11.6. The van der Waals surface area contributed by atoms with E-state index in [1.165, 1.54) is 12.1 Å². The predicted octanol–water partition coefficient (Wildman–Crippen LogP) is 0.835. The van der Waals surface area contributed by atoms with Gasteiger partial charge in [0.25, 0.3) is 0 Å². The molecule has 2 saturated heterocycles. The Hall–Kier alpha value is -1.63. The molecule has 8 nitrogen and oxygen atoms in total. The Balaban J connectivity index is 0.00000320. The molecule has 1 aromatic carbocycles. The third kappa shape index (κ3) is 6.96. The van der Waals surface area contributed by atoms with Gasteiger partial charge in [0.05, 0.1) is 11.5 Å². The van der Waals surface area contributed by atoms with Crippen molar-refractivity contribution in [2.75, 3.05) is 56.2 Å². The van der Waals surface area contributed by atoms with Crippen molar-refractivity contribution in [1.29, 1.82) is 0 Å². The molecule has 0 aromatic heterocycles. The number of nitrogens with one attached hydrogen (secondary N) is 2. The fraction of sp³-hybridized carbons (Fsp3) is 0.579. The molecular formula is C19H29FIN5O3S. The van der Waals surface area contributed by atoms with Crippen LogP contribution in [0.15, 0.2) is 29.3 Å². The lowest BCUT2D eigenvalue weighted by Gasteiger charge is -2.37. The molecular weight excluding hydrogens is 524 g/mol. The summed E-state index contributed by atoms with van der Waals surface area (Å²) in [5.74, 6) is 0.519. The maximum absolute atomic E-state index is 13.1. The number of hydrogen-bond acceptors (Lipinski definition) is 5. The number of aliphatic imine (C=N–C) groups is 1. The van der Waals surface area contributed by atoms with Gasteiger partial charge in [-0.15, -0.1) is 24.0 Å². The van der Waals surface area contributed by atoms with Gasteiger partial charge in [-0.1, -0.05) is 0 Å². The van der Waals surface area contributed by atoms with E-state index in [0.717, 1.165) is 37.8 Å². The van der Waals surface area contributed by atoms with E-state index in [9.17, 15) is 17.6 Å². The van der Waals surface area contributed by atoms with Crippen LogP contribution in [0.25, 0.3) is 0 Å². The highest BCUT2D eigenvalue weighted by Crippen LogP contribution is 2.17. The molecule has 2 aliphatic rings. The maximum atomic E-state index is 13.1. The molecule has 1 aromatic rings. The molecule has 2 N–H and O–H groups in total. The van der Waals surface area contributed by atoms with E-state index >= 15 is 0 Å². The third-order valence-corrected chi connectivity index (χ3v) is 6.98. The van der Waals surface area contributed by atoms with Crippen LogP contribution in [0, 0.1) is 5.82 Å². The van der Waals surface area contributed by atoms with Crippen LogP contribution in [-0.2, 0) is 14.6 Å². The molecule has 2 heterocycles. The Kier molecular flexibility index (Phi) is 9.13. The number of amides is 1. The van der Waals surface area contributed by atoms with Gasteiger partial charge >= 0.3 is 0 Å². The number of halogens is 2. The van der Waals surface area contributed by atoms with Crippen molar-refractivity contribution in [3.8, 4) is 0 Å². The summed E-state index contributed by atoms with van der Waals surface area (Å²) >= 11 is 0. The SMILES string of the molecule is CN=C(NCCC(=O)NC1CCS(=O)(=O)C1)N1CCN(c2ccc(F)cc2)CC1.I. The van der Waals surface area contributed by atoms with E-state index in [-0.39, 0.29) is 59.7 Å². The average molecular weight is 553 g/mol. The van der Waals surface area contributed by atoms with E-state index in [1.54, 1.807) is 19.2 Å². The summed E-state index contributed by atoms with van der Waals surface area (Å²) < 4.78 is 36.0. The molecule has 0 aliphatic carbocycles. The van der Waals surface area contributed by atoms with Crippen LogP contribution in [0.2, 0.25) is 0 Å². The Labute approximate surface area is 194 Å². The van der Waals surface area contributed by atoms with Gasteiger partial charge in [0.1, 0.15) is 5.82 Å². The number of nitrogens with zero attached hydrogens (tertiary/aromatic N) is 3. The summed E-state index contributed by atoms with van der Waals surface area (Å²) in [5.41, 5.74) is 1.000. The van der Waals surface area contributed by atoms with Crippen molar-refractivity contribution >= 4 is 51.4 Å². The van der Waals surface area contributed by atoms with E-state index in [4.69, 9.17) is 0 Å². The van der Waals surface area contributed by atoms with Gasteiger partial charge in [-0.25, -0.2) is 12.8 Å². The summed E-state index contributed by atoms with van der Waals surface area (Å²) in [6.45, 7) is 3.55. The van der Waals surface area contributed by atoms with Crippen LogP contribution in [0.4, 0.5) is 10.1 Å². The number of carbonyl (C=O) groups excluding carboxylic acids is 1. The minimum atomic E-state index is -3.00. The minimum Gasteiger partial charge on any atom is -0.368 e. The number of sulfone groups is 1. The molecule has 30 heavy (non-hydrogen) atoms. The molecule has 0 radical (unpaired) electrons. The number of carbonyl (C=O) groups is 1. The lowest BCUT2D eigenvalue weighted by atomic mass is 10.2. The quantitative estimate of drug-likeness (QED) is 0.319. The van der Waals surface area contributed by atoms with E-state index in [2.05, 4.69) is 25.4 Å². The molecule has 2 aliphatic heterocycles. The molecule has 1 amide bonds. The monoisotopic (exact) mass is 553 g/mol. The normalized spacial score (nSPS) is 21.1. The standard InChI is InChI=1S/C19H28FN5O3S.HI/c1-21-19(22-8-6-18(26)23-16-7-13-29(27,28)14-16)25-11-9-24(10-12-25)17-4-2-15(20)3-5-17;/h2-5,16H,6-14H2,1H3,(H,21,22)(H,23,26);1H.